The van der Waals surface area contributed by atoms with Gasteiger partial charge in [-0.25, -0.2) is 0 Å². The van der Waals surface area contributed by atoms with Crippen LogP contribution in [0.5, 0.6) is 0 Å². The lowest BCUT2D eigenvalue weighted by Crippen LogP contribution is -2.10. The zero-order valence-corrected chi connectivity index (χ0v) is 10.1. The topological polar surface area (TPSA) is 38.0 Å². The summed E-state index contributed by atoms with van der Waals surface area (Å²) in [5, 5.41) is 12.4. The molecule has 2 aromatic rings. The van der Waals surface area contributed by atoms with Crippen LogP contribution in [0, 0.1) is 0 Å². The predicted molar refractivity (Wildman–Crippen MR) is 63.6 cm³/mol. The van der Waals surface area contributed by atoms with Crippen LogP contribution in [0.2, 0.25) is 0 Å². The molecule has 0 aliphatic carbocycles. The molecule has 0 spiro atoms. The first-order chi connectivity index (χ1) is 9.00. The van der Waals surface area contributed by atoms with Crippen LogP contribution < -0.4 is 0 Å². The number of benzene rings is 1. The van der Waals surface area contributed by atoms with Crippen molar-refractivity contribution >= 4 is 0 Å². The van der Waals surface area contributed by atoms with E-state index in [2.05, 4.69) is 5.10 Å². The number of rotatable bonds is 4. The molecule has 0 aliphatic rings. The Kier molecular flexibility index (Phi) is 3.90. The number of hydrogen-bond acceptors (Lipinski definition) is 2. The highest BCUT2D eigenvalue weighted by atomic mass is 19.4. The van der Waals surface area contributed by atoms with Crippen LogP contribution in [0.15, 0.2) is 36.5 Å². The lowest BCUT2D eigenvalue weighted by molar-refractivity contribution is -0.142. The van der Waals surface area contributed by atoms with Crippen LogP contribution >= 0.6 is 0 Å². The molecule has 2 rings (SSSR count). The number of hydrogen-bond donors (Lipinski definition) is 1. The van der Waals surface area contributed by atoms with E-state index >= 15 is 0 Å². The molecule has 0 bridgehead atoms. The van der Waals surface area contributed by atoms with Gasteiger partial charge in [-0.2, -0.15) is 18.3 Å². The van der Waals surface area contributed by atoms with E-state index in [0.29, 0.717) is 0 Å². The maximum absolute atomic E-state index is 12.8. The molecule has 0 atom stereocenters. The van der Waals surface area contributed by atoms with Gasteiger partial charge in [0, 0.05) is 18.4 Å². The molecule has 3 nitrogen and oxygen atoms in total. The van der Waals surface area contributed by atoms with Crippen LogP contribution in [0.1, 0.15) is 16.8 Å². The lowest BCUT2D eigenvalue weighted by Gasteiger charge is -2.04. The van der Waals surface area contributed by atoms with Crippen molar-refractivity contribution in [2.75, 3.05) is 6.61 Å². The predicted octanol–water partition coefficient (Wildman–Crippen LogP) is 2.49. The molecule has 1 aromatic carbocycles. The molecule has 1 N–H and O–H groups in total. The van der Waals surface area contributed by atoms with Gasteiger partial charge >= 0.3 is 6.18 Å². The minimum Gasteiger partial charge on any atom is -0.396 e. The Hall–Kier alpha value is -1.82. The van der Waals surface area contributed by atoms with Crippen molar-refractivity contribution in [3.8, 4) is 0 Å². The summed E-state index contributed by atoms with van der Waals surface area (Å²) in [5.74, 6) is 0. The summed E-state index contributed by atoms with van der Waals surface area (Å²) in [6.07, 6.45) is -3.21. The third kappa shape index (κ3) is 3.35. The maximum Gasteiger partial charge on any atom is 0.435 e. The SMILES string of the molecule is OCCc1cn(Cc2ccccc2)nc1C(F)(F)F. The number of alkyl halides is 3. The van der Waals surface area contributed by atoms with Gasteiger partial charge in [-0.3, -0.25) is 4.68 Å². The van der Waals surface area contributed by atoms with Crippen LogP contribution in [-0.2, 0) is 19.1 Å². The van der Waals surface area contributed by atoms with Gasteiger partial charge in [0.2, 0.25) is 0 Å². The lowest BCUT2D eigenvalue weighted by atomic mass is 10.2. The molecule has 0 aliphatic heterocycles. The van der Waals surface area contributed by atoms with Gasteiger partial charge in [0.25, 0.3) is 0 Å². The molecule has 0 unspecified atom stereocenters. The second-order valence-electron chi connectivity index (χ2n) is 4.16. The molecular formula is C13H13F3N2O. The summed E-state index contributed by atoms with van der Waals surface area (Å²) >= 11 is 0. The van der Waals surface area contributed by atoms with Crippen LogP contribution in [0.25, 0.3) is 0 Å². The second-order valence-corrected chi connectivity index (χ2v) is 4.16. The van der Waals surface area contributed by atoms with Crippen molar-refractivity contribution < 1.29 is 18.3 Å². The highest BCUT2D eigenvalue weighted by Gasteiger charge is 2.36. The average Bonchev–Trinajstić information content (AvgIpc) is 2.74. The van der Waals surface area contributed by atoms with E-state index in [0.717, 1.165) is 5.56 Å². The molecule has 0 amide bonds. The Morgan fingerprint density at radius 3 is 2.42 bits per heavy atom. The summed E-state index contributed by atoms with van der Waals surface area (Å²) in [7, 11) is 0. The third-order valence-electron chi connectivity index (χ3n) is 2.67. The fourth-order valence-corrected chi connectivity index (χ4v) is 1.86. The number of aliphatic hydroxyl groups is 1. The second kappa shape index (κ2) is 5.44. The molecule has 6 heteroatoms. The zero-order chi connectivity index (χ0) is 13.9. The number of aromatic nitrogens is 2. The van der Waals surface area contributed by atoms with Crippen LogP contribution in [0.4, 0.5) is 13.2 Å². The first-order valence-corrected chi connectivity index (χ1v) is 5.79. The largest absolute Gasteiger partial charge is 0.435 e. The normalized spacial score (nSPS) is 11.8. The highest BCUT2D eigenvalue weighted by molar-refractivity contribution is 5.22. The molecule has 102 valence electrons. The number of aliphatic hydroxyl groups excluding tert-OH is 1. The van der Waals surface area contributed by atoms with Crippen molar-refractivity contribution in [2.45, 2.75) is 19.1 Å². The van der Waals surface area contributed by atoms with Crippen molar-refractivity contribution in [1.82, 2.24) is 9.78 Å². The molecule has 0 saturated carbocycles. The van der Waals surface area contributed by atoms with Crippen molar-refractivity contribution in [1.29, 1.82) is 0 Å². The van der Waals surface area contributed by atoms with Crippen molar-refractivity contribution in [3.63, 3.8) is 0 Å². The van der Waals surface area contributed by atoms with Gasteiger partial charge in [-0.1, -0.05) is 30.3 Å². The van der Waals surface area contributed by atoms with Gasteiger partial charge in [0.1, 0.15) is 0 Å². The summed E-state index contributed by atoms with van der Waals surface area (Å²) in [5.41, 5.74) is -0.0299. The van der Waals surface area contributed by atoms with Gasteiger partial charge < -0.3 is 5.11 Å². The molecule has 0 radical (unpaired) electrons. The summed E-state index contributed by atoms with van der Waals surface area (Å²) in [4.78, 5) is 0. The van der Waals surface area contributed by atoms with E-state index in [-0.39, 0.29) is 25.1 Å². The maximum atomic E-state index is 12.8. The Morgan fingerprint density at radius 1 is 1.16 bits per heavy atom. The summed E-state index contributed by atoms with van der Waals surface area (Å²) < 4.78 is 39.6. The Morgan fingerprint density at radius 2 is 1.84 bits per heavy atom. The number of nitrogens with zero attached hydrogens (tertiary/aromatic N) is 2. The van der Waals surface area contributed by atoms with Crippen molar-refractivity contribution in [3.05, 3.63) is 53.3 Å². The molecule has 1 heterocycles. The molecule has 1 aromatic heterocycles. The van der Waals surface area contributed by atoms with Gasteiger partial charge in [0.15, 0.2) is 5.69 Å². The minimum absolute atomic E-state index is 0.0194. The van der Waals surface area contributed by atoms with Gasteiger partial charge in [0.05, 0.1) is 6.54 Å². The van der Waals surface area contributed by atoms with E-state index in [1.54, 1.807) is 0 Å². The van der Waals surface area contributed by atoms with Crippen LogP contribution in [-0.4, -0.2) is 21.5 Å². The Balaban J connectivity index is 2.27. The fourth-order valence-electron chi connectivity index (χ4n) is 1.86. The van der Waals surface area contributed by atoms with Gasteiger partial charge in [-0.15, -0.1) is 0 Å². The fraction of sp³-hybridized carbons (Fsp3) is 0.308. The van der Waals surface area contributed by atoms with E-state index in [1.165, 1.54) is 10.9 Å². The first kappa shape index (κ1) is 13.6. The van der Waals surface area contributed by atoms with E-state index in [1.807, 2.05) is 30.3 Å². The first-order valence-electron chi connectivity index (χ1n) is 5.79. The standard InChI is InChI=1S/C13H13F3N2O/c14-13(15,16)12-11(6-7-19)9-18(17-12)8-10-4-2-1-3-5-10/h1-5,9,19H,6-8H2. The van der Waals surface area contributed by atoms with E-state index in [9.17, 15) is 13.2 Å². The Bertz CT molecular complexity index is 535. The summed E-state index contributed by atoms with van der Waals surface area (Å²) in [6, 6.07) is 9.11. The monoisotopic (exact) mass is 270 g/mol. The highest BCUT2D eigenvalue weighted by Crippen LogP contribution is 2.31. The average molecular weight is 270 g/mol. The molecule has 0 fully saturated rings. The molecular weight excluding hydrogens is 257 g/mol. The Labute approximate surface area is 108 Å². The van der Waals surface area contributed by atoms with E-state index in [4.69, 9.17) is 5.11 Å². The zero-order valence-electron chi connectivity index (χ0n) is 10.1. The van der Waals surface area contributed by atoms with Crippen LogP contribution in [0.3, 0.4) is 0 Å². The van der Waals surface area contributed by atoms with E-state index < -0.39 is 11.9 Å². The quantitative estimate of drug-likeness (QED) is 0.927. The number of halogens is 3. The molecule has 0 saturated heterocycles. The third-order valence-corrected chi connectivity index (χ3v) is 2.67. The van der Waals surface area contributed by atoms with Gasteiger partial charge in [-0.05, 0) is 12.0 Å². The molecule has 19 heavy (non-hydrogen) atoms. The van der Waals surface area contributed by atoms with Crippen molar-refractivity contribution in [2.24, 2.45) is 0 Å². The summed E-state index contributed by atoms with van der Waals surface area (Å²) in [6.45, 7) is -0.0601. The minimum atomic E-state index is -4.49. The smallest absolute Gasteiger partial charge is 0.396 e.